The molecule has 0 saturated carbocycles. The predicted octanol–water partition coefficient (Wildman–Crippen LogP) is 0.367. The lowest BCUT2D eigenvalue weighted by molar-refractivity contribution is -0.122. The number of aliphatic hydroxyl groups is 1. The molecule has 27 heavy (non-hydrogen) atoms. The van der Waals surface area contributed by atoms with Crippen molar-refractivity contribution in [3.8, 4) is 0 Å². The van der Waals surface area contributed by atoms with Crippen LogP contribution in [-0.2, 0) is 16.1 Å². The molecule has 1 heterocycles. The molecule has 0 fully saturated rings. The Morgan fingerprint density at radius 2 is 2.07 bits per heavy atom. The summed E-state index contributed by atoms with van der Waals surface area (Å²) in [4.78, 5) is 38.6. The number of hydrogen-bond donors (Lipinski definition) is 4. The van der Waals surface area contributed by atoms with Crippen molar-refractivity contribution >= 4 is 29.0 Å². The van der Waals surface area contributed by atoms with Gasteiger partial charge < -0.3 is 20.5 Å². The minimum Gasteiger partial charge on any atom is -0.394 e. The number of halogens is 1. The first kappa shape index (κ1) is 20.7. The molecule has 1 aromatic carbocycles. The Morgan fingerprint density at radius 3 is 2.74 bits per heavy atom. The van der Waals surface area contributed by atoms with Crippen molar-refractivity contribution in [2.75, 3.05) is 31.7 Å². The SMILES string of the molecule is Cc1ccc(Nc2cc(=O)n(CC(=O)NCCOCCO)c(=O)[nH]2)cc1Cl. The maximum absolute atomic E-state index is 12.2. The van der Waals surface area contributed by atoms with E-state index in [1.165, 1.54) is 6.07 Å². The number of carbonyl (C=O) groups is 1. The number of benzene rings is 1. The summed E-state index contributed by atoms with van der Waals surface area (Å²) in [6.07, 6.45) is 0. The number of amides is 1. The van der Waals surface area contributed by atoms with Gasteiger partial charge in [-0.05, 0) is 24.6 Å². The van der Waals surface area contributed by atoms with E-state index in [-0.39, 0.29) is 32.2 Å². The Hall–Kier alpha value is -2.62. The highest BCUT2D eigenvalue weighted by atomic mass is 35.5. The zero-order chi connectivity index (χ0) is 19.8. The minimum absolute atomic E-state index is 0.103. The molecule has 4 N–H and O–H groups in total. The number of nitrogens with one attached hydrogen (secondary N) is 3. The summed E-state index contributed by atoms with van der Waals surface area (Å²) in [6, 6.07) is 6.43. The maximum atomic E-state index is 12.2. The number of ether oxygens (including phenoxy) is 1. The number of H-pyrrole nitrogens is 1. The lowest BCUT2D eigenvalue weighted by atomic mass is 10.2. The van der Waals surface area contributed by atoms with Crippen LogP contribution in [0.5, 0.6) is 0 Å². The summed E-state index contributed by atoms with van der Waals surface area (Å²) in [5.74, 6) is -0.305. The molecule has 1 aromatic heterocycles. The number of aryl methyl sites for hydroxylation is 1. The van der Waals surface area contributed by atoms with Gasteiger partial charge in [0.25, 0.3) is 5.56 Å². The van der Waals surface area contributed by atoms with Gasteiger partial charge in [-0.3, -0.25) is 19.1 Å². The van der Waals surface area contributed by atoms with E-state index in [0.717, 1.165) is 10.1 Å². The van der Waals surface area contributed by atoms with Crippen molar-refractivity contribution in [3.05, 3.63) is 55.7 Å². The van der Waals surface area contributed by atoms with E-state index < -0.39 is 23.7 Å². The lowest BCUT2D eigenvalue weighted by Crippen LogP contribution is -2.41. The molecule has 146 valence electrons. The van der Waals surface area contributed by atoms with Crippen LogP contribution in [0.1, 0.15) is 5.56 Å². The maximum Gasteiger partial charge on any atom is 0.330 e. The van der Waals surface area contributed by atoms with Gasteiger partial charge in [0.05, 0.1) is 19.8 Å². The molecule has 0 saturated heterocycles. The highest BCUT2D eigenvalue weighted by molar-refractivity contribution is 6.31. The zero-order valence-electron chi connectivity index (χ0n) is 14.8. The summed E-state index contributed by atoms with van der Waals surface area (Å²) < 4.78 is 5.79. The molecule has 2 aromatic rings. The monoisotopic (exact) mass is 396 g/mol. The van der Waals surface area contributed by atoms with Crippen LogP contribution in [0, 0.1) is 6.92 Å². The molecule has 0 aliphatic rings. The number of nitrogens with zero attached hydrogens (tertiary/aromatic N) is 1. The van der Waals surface area contributed by atoms with Gasteiger partial charge in [-0.1, -0.05) is 17.7 Å². The smallest absolute Gasteiger partial charge is 0.330 e. The zero-order valence-corrected chi connectivity index (χ0v) is 15.5. The van der Waals surface area contributed by atoms with Crippen LogP contribution in [0.2, 0.25) is 5.02 Å². The highest BCUT2D eigenvalue weighted by Gasteiger charge is 2.09. The van der Waals surface area contributed by atoms with E-state index in [4.69, 9.17) is 21.4 Å². The van der Waals surface area contributed by atoms with E-state index >= 15 is 0 Å². The molecule has 0 bridgehead atoms. The fourth-order valence-electron chi connectivity index (χ4n) is 2.19. The van der Waals surface area contributed by atoms with Crippen molar-refractivity contribution in [1.29, 1.82) is 0 Å². The summed E-state index contributed by atoms with van der Waals surface area (Å²) in [5.41, 5.74) is 0.180. The molecule has 0 spiro atoms. The van der Waals surface area contributed by atoms with Crippen LogP contribution >= 0.6 is 11.6 Å². The van der Waals surface area contributed by atoms with Crippen LogP contribution in [0.4, 0.5) is 11.5 Å². The van der Waals surface area contributed by atoms with Crippen LogP contribution in [0.15, 0.2) is 33.9 Å². The molecule has 9 nitrogen and oxygen atoms in total. The van der Waals surface area contributed by atoms with Crippen LogP contribution in [0.25, 0.3) is 0 Å². The van der Waals surface area contributed by atoms with Crippen molar-refractivity contribution in [2.45, 2.75) is 13.5 Å². The largest absolute Gasteiger partial charge is 0.394 e. The Balaban J connectivity index is 2.01. The summed E-state index contributed by atoms with van der Waals surface area (Å²) in [6.45, 7) is 1.95. The topological polar surface area (TPSA) is 125 Å². The molecule has 1 amide bonds. The third kappa shape index (κ3) is 6.24. The molecule has 0 radical (unpaired) electrons. The average molecular weight is 397 g/mol. The van der Waals surface area contributed by atoms with E-state index in [1.54, 1.807) is 18.2 Å². The van der Waals surface area contributed by atoms with E-state index in [1.807, 2.05) is 6.92 Å². The molecule has 2 rings (SSSR count). The Kier molecular flexibility index (Phi) is 7.59. The first-order chi connectivity index (χ1) is 12.9. The second-order valence-electron chi connectivity index (χ2n) is 5.69. The summed E-state index contributed by atoms with van der Waals surface area (Å²) in [5, 5.41) is 14.5. The number of aromatic nitrogens is 2. The second kappa shape index (κ2) is 9.91. The van der Waals surface area contributed by atoms with Crippen molar-refractivity contribution in [3.63, 3.8) is 0 Å². The normalized spacial score (nSPS) is 10.6. The number of hydrogen-bond acceptors (Lipinski definition) is 6. The number of carbonyl (C=O) groups excluding carboxylic acids is 1. The van der Waals surface area contributed by atoms with Gasteiger partial charge >= 0.3 is 5.69 Å². The first-order valence-corrected chi connectivity index (χ1v) is 8.61. The summed E-state index contributed by atoms with van der Waals surface area (Å²) >= 11 is 6.05. The standard InChI is InChI=1S/C17H21ClN4O5/c1-11-2-3-12(8-13(11)18)20-14-9-16(25)22(17(26)21-14)10-15(24)19-4-6-27-7-5-23/h2-3,8-9,20,23H,4-7,10H2,1H3,(H,19,24)(H,21,26). The fourth-order valence-corrected chi connectivity index (χ4v) is 2.37. The molecule has 0 atom stereocenters. The Bertz CT molecular complexity index is 878. The third-order valence-electron chi connectivity index (χ3n) is 3.58. The highest BCUT2D eigenvalue weighted by Crippen LogP contribution is 2.21. The van der Waals surface area contributed by atoms with Gasteiger partial charge in [0.15, 0.2) is 0 Å². The van der Waals surface area contributed by atoms with E-state index in [0.29, 0.717) is 10.7 Å². The fraction of sp³-hybridized carbons (Fsp3) is 0.353. The van der Waals surface area contributed by atoms with Crippen molar-refractivity contribution < 1.29 is 14.6 Å². The lowest BCUT2D eigenvalue weighted by Gasteiger charge is -2.10. The van der Waals surface area contributed by atoms with Gasteiger partial charge in [-0.15, -0.1) is 0 Å². The molecular formula is C17H21ClN4O5. The van der Waals surface area contributed by atoms with Crippen molar-refractivity contribution in [2.24, 2.45) is 0 Å². The molecule has 10 heteroatoms. The number of anilines is 2. The first-order valence-electron chi connectivity index (χ1n) is 8.23. The van der Waals surface area contributed by atoms with Gasteiger partial charge in [-0.25, -0.2) is 4.79 Å². The molecule has 0 aliphatic heterocycles. The third-order valence-corrected chi connectivity index (χ3v) is 3.98. The van der Waals surface area contributed by atoms with E-state index in [2.05, 4.69) is 15.6 Å². The number of rotatable bonds is 9. The average Bonchev–Trinajstić information content (AvgIpc) is 2.61. The number of aromatic amines is 1. The minimum atomic E-state index is -0.713. The van der Waals surface area contributed by atoms with Crippen LogP contribution in [-0.4, -0.2) is 46.9 Å². The van der Waals surface area contributed by atoms with Gasteiger partial charge in [0.1, 0.15) is 12.4 Å². The molecule has 0 unspecified atom stereocenters. The Morgan fingerprint density at radius 1 is 1.30 bits per heavy atom. The van der Waals surface area contributed by atoms with Crippen molar-refractivity contribution in [1.82, 2.24) is 14.9 Å². The quantitative estimate of drug-likeness (QED) is 0.454. The van der Waals surface area contributed by atoms with Gasteiger partial charge in [0, 0.05) is 23.3 Å². The molecule has 0 aliphatic carbocycles. The Labute approximate surface area is 159 Å². The van der Waals surface area contributed by atoms with Crippen LogP contribution < -0.4 is 21.9 Å². The van der Waals surface area contributed by atoms with Gasteiger partial charge in [-0.2, -0.15) is 0 Å². The van der Waals surface area contributed by atoms with Crippen LogP contribution in [0.3, 0.4) is 0 Å². The summed E-state index contributed by atoms with van der Waals surface area (Å²) in [7, 11) is 0. The second-order valence-corrected chi connectivity index (χ2v) is 6.09. The predicted molar refractivity (Wildman–Crippen MR) is 102 cm³/mol. The van der Waals surface area contributed by atoms with E-state index in [9.17, 15) is 14.4 Å². The number of aliphatic hydroxyl groups excluding tert-OH is 1. The molecular weight excluding hydrogens is 376 g/mol. The van der Waals surface area contributed by atoms with Gasteiger partial charge in [0.2, 0.25) is 5.91 Å².